The van der Waals surface area contributed by atoms with Gasteiger partial charge in [0.1, 0.15) is 0 Å². The summed E-state index contributed by atoms with van der Waals surface area (Å²) in [6.07, 6.45) is 0.855. The first-order valence-electron chi connectivity index (χ1n) is 4.46. The minimum absolute atomic E-state index is 0.166. The lowest BCUT2D eigenvalue weighted by Crippen LogP contribution is -2.17. The molecule has 4 heteroatoms. The highest BCUT2D eigenvalue weighted by molar-refractivity contribution is 9.10. The van der Waals surface area contributed by atoms with E-state index in [-0.39, 0.29) is 6.04 Å². The summed E-state index contributed by atoms with van der Waals surface area (Å²) in [6, 6.07) is 6.19. The van der Waals surface area contributed by atoms with Crippen LogP contribution in [0.3, 0.4) is 0 Å². The summed E-state index contributed by atoms with van der Waals surface area (Å²) in [5, 5.41) is 4.82. The van der Waals surface area contributed by atoms with Crippen LogP contribution in [0.2, 0.25) is 0 Å². The topological polar surface area (TPSA) is 52.0 Å². The molecule has 2 rings (SSSR count). The normalized spacial score (nSPS) is 13.4. The van der Waals surface area contributed by atoms with Crippen molar-refractivity contribution >= 4 is 26.9 Å². The second-order valence-electron chi connectivity index (χ2n) is 3.49. The van der Waals surface area contributed by atoms with E-state index < -0.39 is 0 Å². The molecule has 0 aliphatic heterocycles. The van der Waals surface area contributed by atoms with Gasteiger partial charge in [-0.2, -0.15) is 0 Å². The summed E-state index contributed by atoms with van der Waals surface area (Å²) >= 11 is 3.31. The Morgan fingerprint density at radius 1 is 1.57 bits per heavy atom. The van der Waals surface area contributed by atoms with E-state index in [1.54, 1.807) is 0 Å². The summed E-state index contributed by atoms with van der Waals surface area (Å²) < 4.78 is 5.88. The Morgan fingerprint density at radius 2 is 2.36 bits per heavy atom. The van der Waals surface area contributed by atoms with Gasteiger partial charge in [0.05, 0.1) is 5.39 Å². The molecule has 0 spiro atoms. The van der Waals surface area contributed by atoms with E-state index >= 15 is 0 Å². The Hall–Kier alpha value is -0.870. The summed E-state index contributed by atoms with van der Waals surface area (Å²) in [5.41, 5.74) is 7.70. The Morgan fingerprint density at radius 3 is 3.07 bits per heavy atom. The molecular weight excluding hydrogens is 244 g/mol. The molecule has 0 bridgehead atoms. The lowest BCUT2D eigenvalue weighted by molar-refractivity contribution is 0.451. The second kappa shape index (κ2) is 3.71. The van der Waals surface area contributed by atoms with Crippen LogP contribution in [-0.2, 0) is 6.42 Å². The zero-order valence-electron chi connectivity index (χ0n) is 7.83. The van der Waals surface area contributed by atoms with Gasteiger partial charge in [0.15, 0.2) is 10.2 Å². The number of aromatic nitrogens is 1. The van der Waals surface area contributed by atoms with Crippen LogP contribution in [0, 0.1) is 0 Å². The fraction of sp³-hybridized carbons (Fsp3) is 0.300. The zero-order chi connectivity index (χ0) is 10.1. The molecule has 1 aromatic carbocycles. The molecule has 1 atom stereocenters. The summed E-state index contributed by atoms with van der Waals surface area (Å²) in [7, 11) is 0. The number of nitrogens with zero attached hydrogens (tertiary/aromatic N) is 1. The Labute approximate surface area is 90.4 Å². The maximum atomic E-state index is 5.72. The number of rotatable bonds is 2. The molecule has 2 aromatic rings. The predicted molar refractivity (Wildman–Crippen MR) is 59.1 cm³/mol. The lowest BCUT2D eigenvalue weighted by Gasteiger charge is -2.03. The molecular formula is C10H11BrN2O. The number of hydrogen-bond donors (Lipinski definition) is 1. The van der Waals surface area contributed by atoms with Crippen LogP contribution >= 0.6 is 15.9 Å². The third-order valence-corrected chi connectivity index (χ3v) is 2.62. The highest BCUT2D eigenvalue weighted by Crippen LogP contribution is 2.24. The quantitative estimate of drug-likeness (QED) is 0.896. The molecule has 3 nitrogen and oxygen atoms in total. The second-order valence-corrected chi connectivity index (χ2v) is 4.24. The van der Waals surface area contributed by atoms with E-state index in [2.05, 4.69) is 21.1 Å². The summed E-state index contributed by atoms with van der Waals surface area (Å²) in [4.78, 5) is 0. The molecule has 0 radical (unpaired) electrons. The van der Waals surface area contributed by atoms with Crippen LogP contribution in [-0.4, -0.2) is 11.2 Å². The number of benzene rings is 1. The number of hydrogen-bond acceptors (Lipinski definition) is 3. The third kappa shape index (κ3) is 1.81. The fourth-order valence-corrected chi connectivity index (χ4v) is 1.85. The molecule has 1 unspecified atom stereocenters. The van der Waals surface area contributed by atoms with Crippen molar-refractivity contribution in [2.75, 3.05) is 0 Å². The van der Waals surface area contributed by atoms with Crippen molar-refractivity contribution in [3.05, 3.63) is 28.4 Å². The van der Waals surface area contributed by atoms with E-state index in [1.807, 2.05) is 25.1 Å². The highest BCUT2D eigenvalue weighted by Gasteiger charge is 2.06. The molecule has 2 N–H and O–H groups in total. The van der Waals surface area contributed by atoms with Crippen LogP contribution in [0.25, 0.3) is 11.0 Å². The maximum absolute atomic E-state index is 5.72. The van der Waals surface area contributed by atoms with Crippen molar-refractivity contribution in [3.8, 4) is 0 Å². The van der Waals surface area contributed by atoms with Gasteiger partial charge in [0, 0.05) is 6.04 Å². The van der Waals surface area contributed by atoms with Gasteiger partial charge in [-0.05, 0) is 47.0 Å². The van der Waals surface area contributed by atoms with E-state index in [0.29, 0.717) is 0 Å². The average Bonchev–Trinajstić information content (AvgIpc) is 2.46. The standard InChI is InChI=1S/C10H11BrN2O/c1-6(12)4-7-2-3-8-9(5-7)14-13-10(8)11/h2-3,5-6H,4,12H2,1H3. The van der Waals surface area contributed by atoms with Gasteiger partial charge in [-0.15, -0.1) is 0 Å². The molecule has 0 amide bonds. The molecule has 0 aliphatic carbocycles. The van der Waals surface area contributed by atoms with Crippen molar-refractivity contribution in [1.29, 1.82) is 0 Å². The number of halogens is 1. The molecule has 0 saturated carbocycles. The summed E-state index contributed by atoms with van der Waals surface area (Å²) in [5.74, 6) is 0. The first-order chi connectivity index (χ1) is 6.66. The fourth-order valence-electron chi connectivity index (χ4n) is 1.45. The van der Waals surface area contributed by atoms with Gasteiger partial charge in [0.25, 0.3) is 0 Å². The molecule has 0 aliphatic rings. The maximum Gasteiger partial charge on any atom is 0.168 e. The Kier molecular flexibility index (Phi) is 2.56. The molecule has 1 aromatic heterocycles. The van der Waals surface area contributed by atoms with Crippen molar-refractivity contribution in [3.63, 3.8) is 0 Å². The molecule has 0 fully saturated rings. The van der Waals surface area contributed by atoms with Crippen molar-refractivity contribution < 1.29 is 4.52 Å². The minimum atomic E-state index is 0.166. The predicted octanol–water partition coefficient (Wildman–Crippen LogP) is 2.48. The largest absolute Gasteiger partial charge is 0.355 e. The van der Waals surface area contributed by atoms with Crippen molar-refractivity contribution in [2.45, 2.75) is 19.4 Å². The molecule has 14 heavy (non-hydrogen) atoms. The lowest BCUT2D eigenvalue weighted by atomic mass is 10.1. The van der Waals surface area contributed by atoms with Gasteiger partial charge in [0.2, 0.25) is 0 Å². The van der Waals surface area contributed by atoms with E-state index in [0.717, 1.165) is 22.0 Å². The van der Waals surface area contributed by atoms with Crippen LogP contribution in [0.5, 0.6) is 0 Å². The van der Waals surface area contributed by atoms with E-state index in [9.17, 15) is 0 Å². The monoisotopic (exact) mass is 254 g/mol. The van der Waals surface area contributed by atoms with Crippen LogP contribution in [0.1, 0.15) is 12.5 Å². The Balaban J connectivity index is 2.42. The summed E-state index contributed by atoms with van der Waals surface area (Å²) in [6.45, 7) is 1.99. The average molecular weight is 255 g/mol. The third-order valence-electron chi connectivity index (χ3n) is 2.05. The SMILES string of the molecule is CC(N)Cc1ccc2c(Br)noc2c1. The first-order valence-corrected chi connectivity index (χ1v) is 5.25. The first kappa shape index (κ1) is 9.68. The molecule has 1 heterocycles. The Bertz CT molecular complexity index is 450. The minimum Gasteiger partial charge on any atom is -0.355 e. The van der Waals surface area contributed by atoms with Gasteiger partial charge < -0.3 is 10.3 Å². The van der Waals surface area contributed by atoms with Gasteiger partial charge in [-0.3, -0.25) is 0 Å². The van der Waals surface area contributed by atoms with Gasteiger partial charge in [-0.1, -0.05) is 11.2 Å². The van der Waals surface area contributed by atoms with Crippen LogP contribution in [0.4, 0.5) is 0 Å². The molecule has 74 valence electrons. The van der Waals surface area contributed by atoms with Crippen molar-refractivity contribution in [2.24, 2.45) is 5.73 Å². The van der Waals surface area contributed by atoms with Crippen LogP contribution < -0.4 is 5.73 Å². The van der Waals surface area contributed by atoms with E-state index in [1.165, 1.54) is 5.56 Å². The van der Waals surface area contributed by atoms with Gasteiger partial charge in [-0.25, -0.2) is 0 Å². The number of fused-ring (bicyclic) bond motifs is 1. The zero-order valence-corrected chi connectivity index (χ0v) is 9.41. The number of nitrogens with two attached hydrogens (primary N) is 1. The van der Waals surface area contributed by atoms with Gasteiger partial charge >= 0.3 is 0 Å². The van der Waals surface area contributed by atoms with Crippen LogP contribution in [0.15, 0.2) is 27.3 Å². The smallest absolute Gasteiger partial charge is 0.168 e. The van der Waals surface area contributed by atoms with Crippen molar-refractivity contribution in [1.82, 2.24) is 5.16 Å². The van der Waals surface area contributed by atoms with E-state index in [4.69, 9.17) is 10.3 Å². The highest BCUT2D eigenvalue weighted by atomic mass is 79.9. The molecule has 0 saturated heterocycles.